The van der Waals surface area contributed by atoms with E-state index in [4.69, 9.17) is 0 Å². The van der Waals surface area contributed by atoms with Crippen molar-refractivity contribution in [1.29, 1.82) is 0 Å². The molecule has 0 saturated carbocycles. The average molecular weight is 338 g/mol. The van der Waals surface area contributed by atoms with Crippen LogP contribution in [0, 0.1) is 5.41 Å². The Morgan fingerprint density at radius 3 is 2.57 bits per heavy atom. The number of carboxylic acid groups (broad SMARTS) is 1. The van der Waals surface area contributed by atoms with Crippen LogP contribution in [0.5, 0.6) is 0 Å². The second-order valence-electron chi connectivity index (χ2n) is 5.43. The molecule has 0 aliphatic carbocycles. The number of hydrogen-bond donors (Lipinski definition) is 2. The zero-order valence-electron chi connectivity index (χ0n) is 12.5. The fourth-order valence-corrected chi connectivity index (χ4v) is 4.71. The summed E-state index contributed by atoms with van der Waals surface area (Å²) in [5.41, 5.74) is -1.05. The zero-order chi connectivity index (χ0) is 16.3. The molecule has 2 amide bonds. The number of nitrogens with zero attached hydrogens (tertiary/aromatic N) is 1. The fraction of sp³-hybridized carbons (Fsp3) is 0.833. The van der Waals surface area contributed by atoms with E-state index in [2.05, 4.69) is 5.32 Å². The number of carbonyl (C=O) groups excluding carboxylic acids is 1. The van der Waals surface area contributed by atoms with Gasteiger partial charge in [0.25, 0.3) is 0 Å². The Hall–Kier alpha value is -0.960. The standard InChI is InChI=1S/C12H22N2O5S2/c1-4-12(2,10(15)16)8-13-11(17)14-5-6-20-7-9(14)21(3,18)19/h9H,4-8H2,1-3H3,(H,13,17)(H,15,16). The monoisotopic (exact) mass is 338 g/mol. The van der Waals surface area contributed by atoms with Crippen molar-refractivity contribution in [2.45, 2.75) is 25.6 Å². The average Bonchev–Trinajstić information content (AvgIpc) is 2.43. The van der Waals surface area contributed by atoms with Crippen molar-refractivity contribution in [3.63, 3.8) is 0 Å². The maximum atomic E-state index is 12.2. The number of nitrogens with one attached hydrogen (secondary N) is 1. The molecule has 1 saturated heterocycles. The van der Waals surface area contributed by atoms with Crippen LogP contribution < -0.4 is 5.32 Å². The third-order valence-corrected chi connectivity index (χ3v) is 6.41. The summed E-state index contributed by atoms with van der Waals surface area (Å²) in [5.74, 6) is 0.0267. The van der Waals surface area contributed by atoms with E-state index in [-0.39, 0.29) is 6.54 Å². The molecule has 7 nitrogen and oxygen atoms in total. The molecule has 1 aliphatic heterocycles. The first kappa shape index (κ1) is 18.1. The number of rotatable bonds is 5. The van der Waals surface area contributed by atoms with Crippen molar-refractivity contribution >= 4 is 33.6 Å². The number of hydrogen-bond acceptors (Lipinski definition) is 5. The molecular formula is C12H22N2O5S2. The summed E-state index contributed by atoms with van der Waals surface area (Å²) in [5, 5.41) is 10.9. The highest BCUT2D eigenvalue weighted by atomic mass is 32.2. The van der Waals surface area contributed by atoms with Crippen molar-refractivity contribution in [1.82, 2.24) is 10.2 Å². The summed E-state index contributed by atoms with van der Waals surface area (Å²) in [6.07, 6.45) is 1.48. The largest absolute Gasteiger partial charge is 0.481 e. The number of urea groups is 1. The molecule has 0 radical (unpaired) electrons. The van der Waals surface area contributed by atoms with E-state index in [1.165, 1.54) is 16.7 Å². The van der Waals surface area contributed by atoms with Crippen molar-refractivity contribution in [3.05, 3.63) is 0 Å². The second-order valence-corrected chi connectivity index (χ2v) is 8.78. The Kier molecular flexibility index (Phi) is 5.92. The van der Waals surface area contributed by atoms with Gasteiger partial charge in [-0.2, -0.15) is 11.8 Å². The molecule has 0 spiro atoms. The minimum Gasteiger partial charge on any atom is -0.481 e. The van der Waals surface area contributed by atoms with Crippen LogP contribution in [0.15, 0.2) is 0 Å². The number of aliphatic carboxylic acids is 1. The molecule has 2 N–H and O–H groups in total. The highest BCUT2D eigenvalue weighted by Crippen LogP contribution is 2.22. The number of carbonyl (C=O) groups is 2. The van der Waals surface area contributed by atoms with E-state index in [9.17, 15) is 23.1 Å². The molecule has 9 heteroatoms. The van der Waals surface area contributed by atoms with Gasteiger partial charge in [0, 0.05) is 30.9 Å². The Labute approximate surface area is 129 Å². The van der Waals surface area contributed by atoms with Crippen molar-refractivity contribution < 1.29 is 23.1 Å². The molecule has 2 atom stereocenters. The summed E-state index contributed by atoms with van der Waals surface area (Å²) >= 11 is 1.49. The molecule has 21 heavy (non-hydrogen) atoms. The summed E-state index contributed by atoms with van der Waals surface area (Å²) in [4.78, 5) is 24.7. The van der Waals surface area contributed by atoms with Gasteiger partial charge in [0.05, 0.1) is 5.41 Å². The van der Waals surface area contributed by atoms with Crippen LogP contribution in [-0.2, 0) is 14.6 Å². The third-order valence-electron chi connectivity index (χ3n) is 3.77. The number of carboxylic acids is 1. The van der Waals surface area contributed by atoms with Gasteiger partial charge in [-0.1, -0.05) is 6.92 Å². The number of amides is 2. The quantitative estimate of drug-likeness (QED) is 0.761. The van der Waals surface area contributed by atoms with E-state index in [1.54, 1.807) is 13.8 Å². The minimum atomic E-state index is -3.37. The van der Waals surface area contributed by atoms with Gasteiger partial charge in [0.2, 0.25) is 0 Å². The Morgan fingerprint density at radius 2 is 2.10 bits per heavy atom. The third kappa shape index (κ3) is 4.50. The maximum absolute atomic E-state index is 12.2. The predicted molar refractivity (Wildman–Crippen MR) is 82.1 cm³/mol. The van der Waals surface area contributed by atoms with Gasteiger partial charge in [0.15, 0.2) is 9.84 Å². The van der Waals surface area contributed by atoms with E-state index in [1.807, 2.05) is 0 Å². The van der Waals surface area contributed by atoms with E-state index in [0.29, 0.717) is 24.5 Å². The van der Waals surface area contributed by atoms with Gasteiger partial charge >= 0.3 is 12.0 Å². The first-order valence-corrected chi connectivity index (χ1v) is 9.77. The molecular weight excluding hydrogens is 316 g/mol. The molecule has 122 valence electrons. The highest BCUT2D eigenvalue weighted by molar-refractivity contribution is 8.00. The highest BCUT2D eigenvalue weighted by Gasteiger charge is 2.36. The molecule has 0 aromatic carbocycles. The summed E-state index contributed by atoms with van der Waals surface area (Å²) < 4.78 is 23.5. The van der Waals surface area contributed by atoms with Crippen molar-refractivity contribution in [2.75, 3.05) is 30.9 Å². The maximum Gasteiger partial charge on any atom is 0.318 e. The number of thioether (sulfide) groups is 1. The van der Waals surface area contributed by atoms with E-state index >= 15 is 0 Å². The summed E-state index contributed by atoms with van der Waals surface area (Å²) in [6, 6.07) is -0.522. The van der Waals surface area contributed by atoms with Crippen molar-refractivity contribution in [2.24, 2.45) is 5.41 Å². The fourth-order valence-electron chi connectivity index (χ4n) is 1.89. The lowest BCUT2D eigenvalue weighted by atomic mass is 9.88. The van der Waals surface area contributed by atoms with Crippen LogP contribution in [0.1, 0.15) is 20.3 Å². The predicted octanol–water partition coefficient (Wildman–Crippen LogP) is 0.616. The lowest BCUT2D eigenvalue weighted by Crippen LogP contribution is -2.55. The zero-order valence-corrected chi connectivity index (χ0v) is 14.1. The lowest BCUT2D eigenvalue weighted by Gasteiger charge is -2.35. The molecule has 0 aromatic rings. The van der Waals surface area contributed by atoms with Crippen LogP contribution in [0.2, 0.25) is 0 Å². The minimum absolute atomic E-state index is 0.0300. The van der Waals surface area contributed by atoms with Crippen LogP contribution >= 0.6 is 11.8 Å². The second kappa shape index (κ2) is 6.87. The van der Waals surface area contributed by atoms with Gasteiger partial charge in [-0.25, -0.2) is 13.2 Å². The smallest absolute Gasteiger partial charge is 0.318 e. The van der Waals surface area contributed by atoms with Gasteiger partial charge in [-0.05, 0) is 13.3 Å². The van der Waals surface area contributed by atoms with Gasteiger partial charge in [-0.3, -0.25) is 4.79 Å². The molecule has 0 bridgehead atoms. The van der Waals surface area contributed by atoms with Gasteiger partial charge in [-0.15, -0.1) is 0 Å². The van der Waals surface area contributed by atoms with E-state index in [0.717, 1.165) is 6.26 Å². The Balaban J connectivity index is 2.76. The molecule has 2 unspecified atom stereocenters. The molecule has 1 heterocycles. The van der Waals surface area contributed by atoms with E-state index < -0.39 is 32.6 Å². The Morgan fingerprint density at radius 1 is 1.48 bits per heavy atom. The van der Waals surface area contributed by atoms with Gasteiger partial charge < -0.3 is 15.3 Å². The first-order chi connectivity index (χ1) is 9.62. The summed E-state index contributed by atoms with van der Waals surface area (Å²) in [7, 11) is -3.37. The van der Waals surface area contributed by atoms with Crippen LogP contribution in [-0.4, -0.2) is 66.6 Å². The Bertz CT molecular complexity index is 508. The molecule has 1 rings (SSSR count). The normalized spacial score (nSPS) is 22.4. The topological polar surface area (TPSA) is 104 Å². The van der Waals surface area contributed by atoms with Crippen LogP contribution in [0.3, 0.4) is 0 Å². The first-order valence-electron chi connectivity index (χ1n) is 6.66. The molecule has 0 aromatic heterocycles. The SMILES string of the molecule is CCC(C)(CNC(=O)N1CCSCC1S(C)(=O)=O)C(=O)O. The van der Waals surface area contributed by atoms with Crippen LogP contribution in [0.25, 0.3) is 0 Å². The molecule has 1 aliphatic rings. The van der Waals surface area contributed by atoms with Crippen molar-refractivity contribution in [3.8, 4) is 0 Å². The van der Waals surface area contributed by atoms with Gasteiger partial charge in [0.1, 0.15) is 5.37 Å². The lowest BCUT2D eigenvalue weighted by molar-refractivity contribution is -0.147. The van der Waals surface area contributed by atoms with Crippen LogP contribution in [0.4, 0.5) is 4.79 Å². The molecule has 1 fully saturated rings. The number of sulfone groups is 1. The summed E-state index contributed by atoms with van der Waals surface area (Å²) in [6.45, 7) is 3.59.